The van der Waals surface area contributed by atoms with Crippen LogP contribution in [0.3, 0.4) is 0 Å². The van der Waals surface area contributed by atoms with Crippen LogP contribution < -0.4 is 0 Å². The lowest BCUT2D eigenvalue weighted by Crippen LogP contribution is -2.58. The molecule has 0 aliphatic carbocycles. The summed E-state index contributed by atoms with van der Waals surface area (Å²) in [5, 5.41) is 0. The molecule has 2 aromatic carbocycles. The van der Waals surface area contributed by atoms with Gasteiger partial charge in [0, 0.05) is 18.7 Å². The quantitative estimate of drug-likeness (QED) is 0.447. The summed E-state index contributed by atoms with van der Waals surface area (Å²) in [6, 6.07) is 13.1. The molecule has 0 amide bonds. The van der Waals surface area contributed by atoms with Crippen LogP contribution in [-0.4, -0.2) is 50.9 Å². The highest BCUT2D eigenvalue weighted by Gasteiger charge is 2.43. The number of sulfone groups is 1. The van der Waals surface area contributed by atoms with Crippen LogP contribution in [0.2, 0.25) is 0 Å². The van der Waals surface area contributed by atoms with Gasteiger partial charge in [-0.15, -0.1) is 6.58 Å². The molecule has 1 aliphatic heterocycles. The molecular formula is C25H31NO4S. The zero-order valence-corrected chi connectivity index (χ0v) is 19.4. The first kappa shape index (κ1) is 23.4. The smallest absolute Gasteiger partial charge is 0.206 e. The molecule has 6 heteroatoms. The van der Waals surface area contributed by atoms with E-state index in [0.29, 0.717) is 44.7 Å². The van der Waals surface area contributed by atoms with Crippen LogP contribution in [0.4, 0.5) is 0 Å². The minimum absolute atomic E-state index is 0.000756. The molecule has 0 bridgehead atoms. The zero-order chi connectivity index (χ0) is 22.6. The Kier molecular flexibility index (Phi) is 7.14. The van der Waals surface area contributed by atoms with Gasteiger partial charge in [-0.25, -0.2) is 8.42 Å². The van der Waals surface area contributed by atoms with Crippen molar-refractivity contribution >= 4 is 15.6 Å². The second-order valence-corrected chi connectivity index (χ2v) is 10.2. The number of ether oxygens (including phenoxy) is 1. The number of aryl methyl sites for hydroxylation is 1. The van der Waals surface area contributed by atoms with Crippen molar-refractivity contribution in [1.29, 1.82) is 0 Å². The van der Waals surface area contributed by atoms with E-state index in [0.717, 1.165) is 11.1 Å². The fraction of sp³-hybridized carbons (Fsp3) is 0.400. The van der Waals surface area contributed by atoms with Crippen LogP contribution in [0.15, 0.2) is 70.5 Å². The first-order chi connectivity index (χ1) is 14.7. The molecule has 1 heterocycles. The molecule has 0 radical (unpaired) electrons. The standard InChI is InChI=1S/C25H31NO4S/c1-5-25(18-19(2)3,26-14-16-30-17-15-26)24(27)21-8-12-23(13-9-21)31(28,29)22-10-6-20(4)7-11-22/h6-13H,2,5,14-18H2,1,3-4H3. The number of hydrogen-bond donors (Lipinski definition) is 0. The van der Waals surface area contributed by atoms with Gasteiger partial charge < -0.3 is 4.74 Å². The predicted octanol–water partition coefficient (Wildman–Crippen LogP) is 4.46. The van der Waals surface area contributed by atoms with E-state index < -0.39 is 15.4 Å². The van der Waals surface area contributed by atoms with Crippen LogP contribution in [0.1, 0.15) is 42.6 Å². The Morgan fingerprint density at radius 2 is 1.55 bits per heavy atom. The maximum Gasteiger partial charge on any atom is 0.206 e. The van der Waals surface area contributed by atoms with Gasteiger partial charge in [0.05, 0.1) is 28.5 Å². The highest BCUT2D eigenvalue weighted by Crippen LogP contribution is 2.33. The normalized spacial score (nSPS) is 17.1. The van der Waals surface area contributed by atoms with Gasteiger partial charge in [-0.05, 0) is 51.0 Å². The summed E-state index contributed by atoms with van der Waals surface area (Å²) >= 11 is 0. The van der Waals surface area contributed by atoms with Crippen molar-refractivity contribution in [2.75, 3.05) is 26.3 Å². The molecule has 5 nitrogen and oxygen atoms in total. The maximum atomic E-state index is 13.7. The second kappa shape index (κ2) is 9.47. The largest absolute Gasteiger partial charge is 0.379 e. The summed E-state index contributed by atoms with van der Waals surface area (Å²) in [5.74, 6) is -0.000756. The summed E-state index contributed by atoms with van der Waals surface area (Å²) in [7, 11) is -3.63. The lowest BCUT2D eigenvalue weighted by molar-refractivity contribution is -0.0162. The predicted molar refractivity (Wildman–Crippen MR) is 122 cm³/mol. The first-order valence-corrected chi connectivity index (χ1v) is 12.1. The van der Waals surface area contributed by atoms with Crippen molar-refractivity contribution in [3.63, 3.8) is 0 Å². The molecule has 1 aliphatic rings. The fourth-order valence-corrected chi connectivity index (χ4v) is 5.50. The Morgan fingerprint density at radius 3 is 2.03 bits per heavy atom. The van der Waals surface area contributed by atoms with E-state index in [1.165, 1.54) is 12.1 Å². The van der Waals surface area contributed by atoms with E-state index in [2.05, 4.69) is 11.5 Å². The molecule has 0 spiro atoms. The van der Waals surface area contributed by atoms with Gasteiger partial charge in [0.15, 0.2) is 5.78 Å². The minimum atomic E-state index is -3.63. The summed E-state index contributed by atoms with van der Waals surface area (Å²) in [6.07, 6.45) is 1.20. The highest BCUT2D eigenvalue weighted by molar-refractivity contribution is 7.91. The van der Waals surface area contributed by atoms with Crippen LogP contribution in [0, 0.1) is 6.92 Å². The average Bonchev–Trinajstić information content (AvgIpc) is 2.78. The summed E-state index contributed by atoms with van der Waals surface area (Å²) in [4.78, 5) is 16.4. The molecule has 1 atom stereocenters. The summed E-state index contributed by atoms with van der Waals surface area (Å²) in [5.41, 5.74) is 1.75. The zero-order valence-electron chi connectivity index (χ0n) is 18.6. The van der Waals surface area contributed by atoms with E-state index in [1.807, 2.05) is 20.8 Å². The Balaban J connectivity index is 1.94. The van der Waals surface area contributed by atoms with E-state index in [4.69, 9.17) is 4.74 Å². The van der Waals surface area contributed by atoms with Crippen LogP contribution in [0.25, 0.3) is 0 Å². The van der Waals surface area contributed by atoms with Gasteiger partial charge >= 0.3 is 0 Å². The molecule has 3 rings (SSSR count). The Hall–Kier alpha value is -2.28. The molecule has 1 saturated heterocycles. The summed E-state index contributed by atoms with van der Waals surface area (Å²) in [6.45, 7) is 12.5. The number of nitrogens with zero attached hydrogens (tertiary/aromatic N) is 1. The number of ketones is 1. The third kappa shape index (κ3) is 4.81. The molecule has 1 unspecified atom stereocenters. The van der Waals surface area contributed by atoms with Crippen molar-refractivity contribution in [3.05, 3.63) is 71.8 Å². The van der Waals surface area contributed by atoms with E-state index >= 15 is 0 Å². The number of benzene rings is 2. The highest BCUT2D eigenvalue weighted by atomic mass is 32.2. The van der Waals surface area contributed by atoms with Crippen molar-refractivity contribution in [1.82, 2.24) is 4.90 Å². The first-order valence-electron chi connectivity index (χ1n) is 10.6. The third-order valence-corrected chi connectivity index (χ3v) is 7.76. The number of rotatable bonds is 8. The number of morpholine rings is 1. The molecular weight excluding hydrogens is 410 g/mol. The molecule has 0 saturated carbocycles. The number of Topliss-reactive ketones (excluding diaryl/α,β-unsaturated/α-hetero) is 1. The lowest BCUT2D eigenvalue weighted by Gasteiger charge is -2.44. The van der Waals surface area contributed by atoms with Gasteiger partial charge in [0.25, 0.3) is 0 Å². The van der Waals surface area contributed by atoms with Gasteiger partial charge in [-0.2, -0.15) is 0 Å². The van der Waals surface area contributed by atoms with Gasteiger partial charge in [0.1, 0.15) is 0 Å². The second-order valence-electron chi connectivity index (χ2n) is 8.29. The maximum absolute atomic E-state index is 13.7. The molecule has 0 aromatic heterocycles. The van der Waals surface area contributed by atoms with Crippen molar-refractivity contribution in [3.8, 4) is 0 Å². The van der Waals surface area contributed by atoms with Gasteiger partial charge in [0.2, 0.25) is 9.84 Å². The van der Waals surface area contributed by atoms with Crippen molar-refractivity contribution in [2.24, 2.45) is 0 Å². The third-order valence-electron chi connectivity index (χ3n) is 5.98. The van der Waals surface area contributed by atoms with Crippen molar-refractivity contribution in [2.45, 2.75) is 48.9 Å². The molecule has 166 valence electrons. The van der Waals surface area contributed by atoms with Crippen LogP contribution in [0.5, 0.6) is 0 Å². The molecule has 1 fully saturated rings. The van der Waals surface area contributed by atoms with E-state index in [1.54, 1.807) is 36.4 Å². The van der Waals surface area contributed by atoms with Crippen LogP contribution >= 0.6 is 0 Å². The molecule has 2 aromatic rings. The van der Waals surface area contributed by atoms with Crippen LogP contribution in [-0.2, 0) is 14.6 Å². The minimum Gasteiger partial charge on any atom is -0.379 e. The number of carbonyl (C=O) groups excluding carboxylic acids is 1. The van der Waals surface area contributed by atoms with E-state index in [9.17, 15) is 13.2 Å². The van der Waals surface area contributed by atoms with E-state index in [-0.39, 0.29) is 15.6 Å². The summed E-state index contributed by atoms with van der Waals surface area (Å²) < 4.78 is 31.4. The Labute approximate surface area is 185 Å². The van der Waals surface area contributed by atoms with Gasteiger partial charge in [-0.1, -0.05) is 42.3 Å². The Morgan fingerprint density at radius 1 is 1.03 bits per heavy atom. The van der Waals surface area contributed by atoms with Gasteiger partial charge in [-0.3, -0.25) is 9.69 Å². The average molecular weight is 442 g/mol. The molecule has 0 N–H and O–H groups in total. The fourth-order valence-electron chi connectivity index (χ4n) is 4.24. The Bertz CT molecular complexity index is 1040. The monoisotopic (exact) mass is 441 g/mol. The SMILES string of the molecule is C=C(C)CC(CC)(C(=O)c1ccc(S(=O)(=O)c2ccc(C)cc2)cc1)N1CCOCC1. The number of carbonyl (C=O) groups is 1. The lowest BCUT2D eigenvalue weighted by atomic mass is 9.79. The number of hydrogen-bond acceptors (Lipinski definition) is 5. The topological polar surface area (TPSA) is 63.7 Å². The van der Waals surface area contributed by atoms with Crippen molar-refractivity contribution < 1.29 is 17.9 Å². The molecule has 31 heavy (non-hydrogen) atoms.